The summed E-state index contributed by atoms with van der Waals surface area (Å²) in [5.74, 6) is -0.740. The number of nitrogens with one attached hydrogen (secondary N) is 1. The zero-order chi connectivity index (χ0) is 21.6. The van der Waals surface area contributed by atoms with E-state index in [1.54, 1.807) is 0 Å². The molecule has 0 spiro atoms. The lowest BCUT2D eigenvalue weighted by Crippen LogP contribution is -2.34. The Bertz CT molecular complexity index is 1150. The number of nitrogens with zero attached hydrogens (tertiary/aromatic N) is 2. The molecule has 2 aromatic carbocycles. The second-order valence-electron chi connectivity index (χ2n) is 6.30. The van der Waals surface area contributed by atoms with Gasteiger partial charge in [-0.05, 0) is 54.6 Å². The van der Waals surface area contributed by atoms with Crippen molar-refractivity contribution in [3.63, 3.8) is 0 Å². The second kappa shape index (κ2) is 9.59. The monoisotopic (exact) mass is 435 g/mol. The molecular formula is C20H19F2N3O4S. The highest BCUT2D eigenvalue weighted by Crippen LogP contribution is 2.15. The lowest BCUT2D eigenvalue weighted by Gasteiger charge is -2.10. The number of sulfonamides is 1. The Hall–Kier alpha value is -3.11. The summed E-state index contributed by atoms with van der Waals surface area (Å²) in [4.78, 5) is 12.0. The molecule has 0 fully saturated rings. The SMILES string of the molecule is O=c1ccc(-c2ccc(F)cc2)nn1CCNS(=O)(=O)CCOc1ccc(F)cc1. The summed E-state index contributed by atoms with van der Waals surface area (Å²) < 4.78 is 58.8. The van der Waals surface area contributed by atoms with Crippen LogP contribution in [0.4, 0.5) is 8.78 Å². The summed E-state index contributed by atoms with van der Waals surface area (Å²) in [5.41, 5.74) is 0.702. The van der Waals surface area contributed by atoms with Gasteiger partial charge in [-0.15, -0.1) is 0 Å². The van der Waals surface area contributed by atoms with E-state index >= 15 is 0 Å². The minimum atomic E-state index is -3.64. The van der Waals surface area contributed by atoms with Gasteiger partial charge in [0.25, 0.3) is 5.56 Å². The Morgan fingerprint density at radius 1 is 0.933 bits per heavy atom. The van der Waals surface area contributed by atoms with E-state index in [4.69, 9.17) is 4.74 Å². The largest absolute Gasteiger partial charge is 0.492 e. The molecule has 10 heteroatoms. The Morgan fingerprint density at radius 3 is 2.23 bits per heavy atom. The maximum Gasteiger partial charge on any atom is 0.266 e. The van der Waals surface area contributed by atoms with Crippen molar-refractivity contribution in [2.45, 2.75) is 6.54 Å². The fraction of sp³-hybridized carbons (Fsp3) is 0.200. The van der Waals surface area contributed by atoms with Gasteiger partial charge in [0, 0.05) is 18.2 Å². The predicted octanol–water partition coefficient (Wildman–Crippen LogP) is 2.19. The minimum absolute atomic E-state index is 0.0198. The van der Waals surface area contributed by atoms with Crippen LogP contribution in [0.1, 0.15) is 0 Å². The molecule has 0 saturated carbocycles. The van der Waals surface area contributed by atoms with Crippen LogP contribution in [0, 0.1) is 11.6 Å². The lowest BCUT2D eigenvalue weighted by atomic mass is 10.1. The highest BCUT2D eigenvalue weighted by Gasteiger charge is 2.11. The highest BCUT2D eigenvalue weighted by atomic mass is 32.2. The molecule has 0 unspecified atom stereocenters. The van der Waals surface area contributed by atoms with E-state index < -0.39 is 15.8 Å². The molecule has 0 amide bonds. The maximum absolute atomic E-state index is 13.1. The molecular weight excluding hydrogens is 416 g/mol. The first-order chi connectivity index (χ1) is 14.3. The van der Waals surface area contributed by atoms with Crippen LogP contribution in [0.15, 0.2) is 65.5 Å². The van der Waals surface area contributed by atoms with Gasteiger partial charge in [-0.1, -0.05) is 0 Å². The first-order valence-corrected chi connectivity index (χ1v) is 10.7. The zero-order valence-electron chi connectivity index (χ0n) is 15.8. The highest BCUT2D eigenvalue weighted by molar-refractivity contribution is 7.89. The number of rotatable bonds is 9. The molecule has 1 N–H and O–H groups in total. The van der Waals surface area contributed by atoms with Crippen molar-refractivity contribution < 1.29 is 21.9 Å². The quantitative estimate of drug-likeness (QED) is 0.557. The van der Waals surface area contributed by atoms with Gasteiger partial charge in [0.1, 0.15) is 24.0 Å². The van der Waals surface area contributed by atoms with Gasteiger partial charge in [0.2, 0.25) is 10.0 Å². The zero-order valence-corrected chi connectivity index (χ0v) is 16.6. The smallest absolute Gasteiger partial charge is 0.266 e. The molecule has 1 aromatic heterocycles. The molecule has 7 nitrogen and oxygen atoms in total. The molecule has 3 rings (SSSR count). The molecule has 0 aliphatic carbocycles. The fourth-order valence-electron chi connectivity index (χ4n) is 2.56. The van der Waals surface area contributed by atoms with Crippen LogP contribution in [0.5, 0.6) is 5.75 Å². The lowest BCUT2D eigenvalue weighted by molar-refractivity contribution is 0.339. The van der Waals surface area contributed by atoms with E-state index in [-0.39, 0.29) is 36.8 Å². The predicted molar refractivity (Wildman–Crippen MR) is 108 cm³/mol. The van der Waals surface area contributed by atoms with Gasteiger partial charge < -0.3 is 4.74 Å². The summed E-state index contributed by atoms with van der Waals surface area (Å²) >= 11 is 0. The Kier molecular flexibility index (Phi) is 6.91. The van der Waals surface area contributed by atoms with Crippen molar-refractivity contribution in [1.29, 1.82) is 0 Å². The summed E-state index contributed by atoms with van der Waals surface area (Å²) in [5, 5.41) is 4.19. The molecule has 0 bridgehead atoms. The first-order valence-electron chi connectivity index (χ1n) is 9.02. The molecule has 158 valence electrons. The van der Waals surface area contributed by atoms with Gasteiger partial charge in [-0.25, -0.2) is 26.6 Å². The Morgan fingerprint density at radius 2 is 1.57 bits per heavy atom. The summed E-state index contributed by atoms with van der Waals surface area (Å²) in [6.07, 6.45) is 0. The summed E-state index contributed by atoms with van der Waals surface area (Å²) in [6, 6.07) is 13.7. The molecule has 3 aromatic rings. The van der Waals surface area contributed by atoms with Gasteiger partial charge in [0.05, 0.1) is 18.0 Å². The van der Waals surface area contributed by atoms with Crippen molar-refractivity contribution >= 4 is 10.0 Å². The van der Waals surface area contributed by atoms with Crippen LogP contribution < -0.4 is 15.0 Å². The van der Waals surface area contributed by atoms with E-state index in [1.165, 1.54) is 60.7 Å². The number of aromatic nitrogens is 2. The number of halogens is 2. The molecule has 30 heavy (non-hydrogen) atoms. The van der Waals surface area contributed by atoms with E-state index in [0.717, 1.165) is 4.68 Å². The van der Waals surface area contributed by atoms with Crippen LogP contribution in [0.2, 0.25) is 0 Å². The Balaban J connectivity index is 1.53. The van der Waals surface area contributed by atoms with E-state index in [0.29, 0.717) is 17.0 Å². The molecule has 0 aliphatic heterocycles. The topological polar surface area (TPSA) is 90.3 Å². The average Bonchev–Trinajstić information content (AvgIpc) is 2.71. The van der Waals surface area contributed by atoms with Gasteiger partial charge in [-0.2, -0.15) is 5.10 Å². The van der Waals surface area contributed by atoms with Crippen molar-refractivity contribution in [3.8, 4) is 17.0 Å². The number of hydrogen-bond acceptors (Lipinski definition) is 5. The van der Waals surface area contributed by atoms with Gasteiger partial charge in [0.15, 0.2) is 0 Å². The van der Waals surface area contributed by atoms with Crippen molar-refractivity contribution in [2.24, 2.45) is 0 Å². The van der Waals surface area contributed by atoms with Crippen LogP contribution >= 0.6 is 0 Å². The first kappa shape index (κ1) is 21.6. The van der Waals surface area contributed by atoms with E-state index in [1.807, 2.05) is 0 Å². The summed E-state index contributed by atoms with van der Waals surface area (Å²) in [6.45, 7) is -0.135. The van der Waals surface area contributed by atoms with E-state index in [2.05, 4.69) is 9.82 Å². The molecule has 0 radical (unpaired) electrons. The van der Waals surface area contributed by atoms with E-state index in [9.17, 15) is 22.0 Å². The minimum Gasteiger partial charge on any atom is -0.492 e. The van der Waals surface area contributed by atoms with Crippen LogP contribution in [0.25, 0.3) is 11.3 Å². The fourth-order valence-corrected chi connectivity index (χ4v) is 3.41. The molecule has 1 heterocycles. The average molecular weight is 435 g/mol. The number of benzene rings is 2. The number of hydrogen-bond donors (Lipinski definition) is 1. The summed E-state index contributed by atoms with van der Waals surface area (Å²) in [7, 11) is -3.64. The third-order valence-electron chi connectivity index (χ3n) is 4.09. The maximum atomic E-state index is 13.1. The Labute approximate surface area is 172 Å². The van der Waals surface area contributed by atoms with Crippen LogP contribution in [-0.2, 0) is 16.6 Å². The molecule has 0 saturated heterocycles. The number of ether oxygens (including phenoxy) is 1. The van der Waals surface area contributed by atoms with Gasteiger partial charge >= 0.3 is 0 Å². The second-order valence-corrected chi connectivity index (χ2v) is 8.23. The van der Waals surface area contributed by atoms with Gasteiger partial charge in [-0.3, -0.25) is 4.79 Å². The molecule has 0 aliphatic rings. The molecule has 0 atom stereocenters. The normalized spacial score (nSPS) is 11.4. The van der Waals surface area contributed by atoms with Crippen LogP contribution in [0.3, 0.4) is 0 Å². The van der Waals surface area contributed by atoms with Crippen LogP contribution in [-0.4, -0.2) is 37.1 Å². The third-order valence-corrected chi connectivity index (χ3v) is 5.43. The van der Waals surface area contributed by atoms with Crippen molar-refractivity contribution in [3.05, 3.63) is 82.7 Å². The standard InChI is InChI=1S/C20H19F2N3O4S/c21-16-3-1-15(2-4-16)19-9-10-20(26)25(24-19)12-11-23-30(27,28)14-13-29-18-7-5-17(22)6-8-18/h1-10,23H,11-14H2. The van der Waals surface area contributed by atoms with Crippen molar-refractivity contribution in [1.82, 2.24) is 14.5 Å². The van der Waals surface area contributed by atoms with Crippen molar-refractivity contribution in [2.75, 3.05) is 18.9 Å². The third kappa shape index (κ3) is 6.19.